The first-order valence-corrected chi connectivity index (χ1v) is 11.2. The Morgan fingerprint density at radius 3 is 2.68 bits per heavy atom. The van der Waals surface area contributed by atoms with Crippen molar-refractivity contribution in [1.29, 1.82) is 0 Å². The van der Waals surface area contributed by atoms with Crippen LogP contribution in [-0.4, -0.2) is 49.0 Å². The highest BCUT2D eigenvalue weighted by Crippen LogP contribution is 2.25. The number of hydrogen-bond donors (Lipinski definition) is 1. The third kappa shape index (κ3) is 5.25. The second-order valence-corrected chi connectivity index (χ2v) is 8.68. The molecule has 164 valence electrons. The number of likely N-dealkylation sites (tertiary alicyclic amines) is 1. The van der Waals surface area contributed by atoms with Crippen LogP contribution < -0.4 is 15.0 Å². The van der Waals surface area contributed by atoms with Crippen molar-refractivity contribution in [1.82, 2.24) is 10.2 Å². The molecule has 2 saturated heterocycles. The number of ether oxygens (including phenoxy) is 1. The van der Waals surface area contributed by atoms with E-state index in [0.717, 1.165) is 49.5 Å². The monoisotopic (exact) mass is 421 g/mol. The van der Waals surface area contributed by atoms with Gasteiger partial charge in [-0.15, -0.1) is 0 Å². The lowest BCUT2D eigenvalue weighted by atomic mass is 9.89. The van der Waals surface area contributed by atoms with E-state index in [9.17, 15) is 9.59 Å². The van der Waals surface area contributed by atoms with Crippen molar-refractivity contribution in [2.24, 2.45) is 5.92 Å². The summed E-state index contributed by atoms with van der Waals surface area (Å²) < 4.78 is 5.75. The van der Waals surface area contributed by atoms with Crippen LogP contribution in [0.5, 0.6) is 5.75 Å². The Morgan fingerprint density at radius 1 is 1.16 bits per heavy atom. The fourth-order valence-corrected chi connectivity index (χ4v) is 4.40. The highest BCUT2D eigenvalue weighted by atomic mass is 16.5. The van der Waals surface area contributed by atoms with Crippen LogP contribution in [0.25, 0.3) is 0 Å². The molecule has 2 aromatic rings. The van der Waals surface area contributed by atoms with Gasteiger partial charge >= 0.3 is 6.03 Å². The Morgan fingerprint density at radius 2 is 1.97 bits per heavy atom. The van der Waals surface area contributed by atoms with E-state index in [4.69, 9.17) is 4.74 Å². The topological polar surface area (TPSA) is 61.9 Å². The van der Waals surface area contributed by atoms with Gasteiger partial charge in [-0.05, 0) is 63.1 Å². The summed E-state index contributed by atoms with van der Waals surface area (Å²) in [6, 6.07) is 15.7. The molecule has 0 aliphatic carbocycles. The molecule has 2 heterocycles. The number of piperidine rings is 1. The quantitative estimate of drug-likeness (QED) is 0.684. The highest BCUT2D eigenvalue weighted by Gasteiger charge is 2.27. The van der Waals surface area contributed by atoms with Crippen molar-refractivity contribution in [2.45, 2.75) is 39.3 Å². The van der Waals surface area contributed by atoms with E-state index in [2.05, 4.69) is 22.3 Å². The first-order chi connectivity index (χ1) is 15.0. The van der Waals surface area contributed by atoms with Crippen molar-refractivity contribution < 1.29 is 14.3 Å². The summed E-state index contributed by atoms with van der Waals surface area (Å²) in [4.78, 5) is 29.1. The molecule has 6 heteroatoms. The molecule has 4 rings (SSSR count). The van der Waals surface area contributed by atoms with Gasteiger partial charge in [0, 0.05) is 43.3 Å². The molecule has 0 spiro atoms. The Hall–Kier alpha value is -2.86. The molecule has 1 N–H and O–H groups in total. The van der Waals surface area contributed by atoms with Crippen molar-refractivity contribution in [3.63, 3.8) is 0 Å². The van der Waals surface area contributed by atoms with E-state index in [0.29, 0.717) is 13.1 Å². The summed E-state index contributed by atoms with van der Waals surface area (Å²) in [7, 11) is 0. The van der Waals surface area contributed by atoms with E-state index < -0.39 is 0 Å². The third-order valence-corrected chi connectivity index (χ3v) is 5.88. The molecule has 2 amide bonds. The Labute approximate surface area is 184 Å². The van der Waals surface area contributed by atoms with Crippen molar-refractivity contribution in [3.8, 4) is 5.75 Å². The largest absolute Gasteiger partial charge is 0.491 e. The van der Waals surface area contributed by atoms with E-state index in [-0.39, 0.29) is 23.8 Å². The Kier molecular flexibility index (Phi) is 6.56. The second-order valence-electron chi connectivity index (χ2n) is 8.68. The van der Waals surface area contributed by atoms with Gasteiger partial charge in [0.2, 0.25) is 0 Å². The summed E-state index contributed by atoms with van der Waals surface area (Å²) >= 11 is 0. The molecular formula is C25H31N3O3. The van der Waals surface area contributed by atoms with Crippen LogP contribution in [0.1, 0.15) is 42.6 Å². The lowest BCUT2D eigenvalue weighted by Gasteiger charge is -2.32. The van der Waals surface area contributed by atoms with Crippen LogP contribution in [0.15, 0.2) is 48.5 Å². The molecule has 2 aliphatic heterocycles. The SMILES string of the molecule is CC(C)Oc1cccc(C(=O)[C@@H]2CCCN(Cc3ccc(N4CCNC4=O)cc3)C2)c1. The highest BCUT2D eigenvalue weighted by molar-refractivity contribution is 5.98. The molecule has 0 saturated carbocycles. The first kappa shape index (κ1) is 21.4. The number of anilines is 1. The number of nitrogens with zero attached hydrogens (tertiary/aromatic N) is 2. The van der Waals surface area contributed by atoms with Crippen LogP contribution in [0.4, 0.5) is 10.5 Å². The predicted molar refractivity (Wildman–Crippen MR) is 122 cm³/mol. The molecule has 0 radical (unpaired) electrons. The number of rotatable bonds is 7. The zero-order chi connectivity index (χ0) is 21.8. The number of benzene rings is 2. The van der Waals surface area contributed by atoms with Crippen LogP contribution in [0, 0.1) is 5.92 Å². The second kappa shape index (κ2) is 9.52. The average molecular weight is 422 g/mol. The van der Waals surface area contributed by atoms with Crippen molar-refractivity contribution >= 4 is 17.5 Å². The van der Waals surface area contributed by atoms with Crippen LogP contribution in [-0.2, 0) is 6.54 Å². The number of carbonyl (C=O) groups is 2. The van der Waals surface area contributed by atoms with E-state index in [1.165, 1.54) is 5.56 Å². The summed E-state index contributed by atoms with van der Waals surface area (Å²) in [6.45, 7) is 7.95. The van der Waals surface area contributed by atoms with Gasteiger partial charge in [-0.25, -0.2) is 4.79 Å². The standard InChI is InChI=1S/C25H31N3O3/c1-18(2)31-23-7-3-5-20(15-23)24(29)21-6-4-13-27(17-21)16-19-8-10-22(11-9-19)28-14-12-26-25(28)30/h3,5,7-11,15,18,21H,4,6,12-14,16-17H2,1-2H3,(H,26,30)/t21-/m1/s1. The molecule has 1 atom stereocenters. The average Bonchev–Trinajstić information content (AvgIpc) is 3.19. The molecular weight excluding hydrogens is 390 g/mol. The molecule has 6 nitrogen and oxygen atoms in total. The minimum absolute atomic E-state index is 0.00983. The fourth-order valence-electron chi connectivity index (χ4n) is 4.40. The molecule has 2 fully saturated rings. The number of ketones is 1. The smallest absolute Gasteiger partial charge is 0.321 e. The van der Waals surface area contributed by atoms with Gasteiger partial charge in [0.05, 0.1) is 6.10 Å². The lowest BCUT2D eigenvalue weighted by molar-refractivity contribution is 0.0811. The minimum atomic E-state index is -0.0343. The predicted octanol–water partition coefficient (Wildman–Crippen LogP) is 4.10. The number of amides is 2. The maximum atomic E-state index is 13.1. The Balaban J connectivity index is 1.37. The summed E-state index contributed by atoms with van der Waals surface area (Å²) in [6.07, 6.45) is 2.03. The molecule has 31 heavy (non-hydrogen) atoms. The van der Waals surface area contributed by atoms with Crippen LogP contribution in [0.3, 0.4) is 0 Å². The van der Waals surface area contributed by atoms with Gasteiger partial charge in [-0.3, -0.25) is 14.6 Å². The molecule has 2 aliphatic rings. The first-order valence-electron chi connectivity index (χ1n) is 11.2. The summed E-state index contributed by atoms with van der Waals surface area (Å²) in [5, 5.41) is 2.83. The molecule has 0 bridgehead atoms. The van der Waals surface area contributed by atoms with Gasteiger partial charge < -0.3 is 10.1 Å². The van der Waals surface area contributed by atoms with Crippen LogP contribution >= 0.6 is 0 Å². The minimum Gasteiger partial charge on any atom is -0.491 e. The maximum Gasteiger partial charge on any atom is 0.321 e. The third-order valence-electron chi connectivity index (χ3n) is 5.88. The van der Waals surface area contributed by atoms with E-state index >= 15 is 0 Å². The zero-order valence-electron chi connectivity index (χ0n) is 18.3. The maximum absolute atomic E-state index is 13.1. The fraction of sp³-hybridized carbons (Fsp3) is 0.440. The normalized spacial score (nSPS) is 19.5. The lowest BCUT2D eigenvalue weighted by Crippen LogP contribution is -2.38. The van der Waals surface area contributed by atoms with Gasteiger partial charge in [0.25, 0.3) is 0 Å². The van der Waals surface area contributed by atoms with Gasteiger partial charge in [-0.2, -0.15) is 0 Å². The Bertz CT molecular complexity index is 926. The summed E-state index contributed by atoms with van der Waals surface area (Å²) in [5.74, 6) is 0.963. The summed E-state index contributed by atoms with van der Waals surface area (Å²) in [5.41, 5.74) is 2.86. The number of Topliss-reactive ketones (excluding diaryl/α,β-unsaturated/α-hetero) is 1. The van der Waals surface area contributed by atoms with Crippen LogP contribution in [0.2, 0.25) is 0 Å². The molecule has 0 aromatic heterocycles. The van der Waals surface area contributed by atoms with Gasteiger partial charge in [0.1, 0.15) is 5.75 Å². The number of carbonyl (C=O) groups excluding carboxylic acids is 2. The number of urea groups is 1. The van der Waals surface area contributed by atoms with E-state index in [1.54, 1.807) is 4.90 Å². The van der Waals surface area contributed by atoms with Gasteiger partial charge in [0.15, 0.2) is 5.78 Å². The number of hydrogen-bond acceptors (Lipinski definition) is 4. The zero-order valence-corrected chi connectivity index (χ0v) is 18.3. The van der Waals surface area contributed by atoms with Crippen molar-refractivity contribution in [3.05, 3.63) is 59.7 Å². The molecule has 2 aromatic carbocycles. The number of nitrogens with one attached hydrogen (secondary N) is 1. The van der Waals surface area contributed by atoms with E-state index in [1.807, 2.05) is 50.2 Å². The van der Waals surface area contributed by atoms with Gasteiger partial charge in [-0.1, -0.05) is 24.3 Å². The van der Waals surface area contributed by atoms with Crippen molar-refractivity contribution in [2.75, 3.05) is 31.1 Å². The molecule has 0 unspecified atom stereocenters.